The molecule has 0 saturated carbocycles. The van der Waals surface area contributed by atoms with Gasteiger partial charge in [0, 0.05) is 13.0 Å². The van der Waals surface area contributed by atoms with Crippen molar-refractivity contribution in [2.45, 2.75) is 39.7 Å². The Morgan fingerprint density at radius 2 is 2.10 bits per heavy atom. The zero-order valence-corrected chi connectivity index (χ0v) is 13.0. The Balaban J connectivity index is 2.36. The van der Waals surface area contributed by atoms with Gasteiger partial charge in [-0.05, 0) is 27.7 Å². The Labute approximate surface area is 122 Å². The molecule has 1 amide bonds. The molecule has 0 fully saturated rings. The topological polar surface area (TPSA) is 77.5 Å². The van der Waals surface area contributed by atoms with Crippen LogP contribution in [0.15, 0.2) is 6.20 Å². The Morgan fingerprint density at radius 3 is 2.70 bits per heavy atom. The number of hydrogen-bond donors (Lipinski definition) is 1. The van der Waals surface area contributed by atoms with Crippen molar-refractivity contribution in [2.24, 2.45) is 0 Å². The van der Waals surface area contributed by atoms with E-state index in [-0.39, 0.29) is 5.97 Å². The minimum atomic E-state index is -0.512. The maximum absolute atomic E-state index is 11.5. The van der Waals surface area contributed by atoms with E-state index in [9.17, 15) is 9.59 Å². The average Bonchev–Trinajstić information content (AvgIpc) is 2.75. The summed E-state index contributed by atoms with van der Waals surface area (Å²) >= 11 is 1.27. The molecule has 1 aromatic heterocycles. The highest BCUT2D eigenvalue weighted by atomic mass is 32.1. The molecule has 0 aliphatic rings. The number of esters is 1. The van der Waals surface area contributed by atoms with Gasteiger partial charge in [-0.25, -0.2) is 14.6 Å². The number of aromatic nitrogens is 1. The molecule has 0 spiro atoms. The third kappa shape index (κ3) is 6.01. The predicted octanol–water partition coefficient (Wildman–Crippen LogP) is 2.39. The molecular weight excluding hydrogens is 280 g/mol. The maximum atomic E-state index is 11.5. The zero-order chi connectivity index (χ0) is 15.2. The highest BCUT2D eigenvalue weighted by Gasteiger charge is 2.16. The summed E-state index contributed by atoms with van der Waals surface area (Å²) in [5, 5.41) is 3.41. The molecule has 0 aromatic carbocycles. The van der Waals surface area contributed by atoms with Gasteiger partial charge in [-0.1, -0.05) is 0 Å². The van der Waals surface area contributed by atoms with Crippen LogP contribution in [-0.2, 0) is 15.9 Å². The molecule has 0 aliphatic carbocycles. The second-order valence-corrected chi connectivity index (χ2v) is 6.13. The predicted molar refractivity (Wildman–Crippen MR) is 76.0 cm³/mol. The van der Waals surface area contributed by atoms with Crippen LogP contribution < -0.4 is 5.32 Å². The molecule has 0 radical (unpaired) electrons. The lowest BCUT2D eigenvalue weighted by molar-refractivity contribution is 0.0519. The van der Waals surface area contributed by atoms with E-state index in [4.69, 9.17) is 9.47 Å². The molecule has 0 saturated heterocycles. The number of thiazole rings is 1. The molecule has 1 heterocycles. The first-order valence-electron chi connectivity index (χ1n) is 6.40. The number of carbonyl (C=O) groups excluding carboxylic acids is 2. The summed E-state index contributed by atoms with van der Waals surface area (Å²) in [6.45, 7) is 7.92. The Kier molecular flexibility index (Phi) is 5.94. The van der Waals surface area contributed by atoms with E-state index >= 15 is 0 Å². The van der Waals surface area contributed by atoms with Crippen molar-refractivity contribution in [3.63, 3.8) is 0 Å². The van der Waals surface area contributed by atoms with Crippen LogP contribution in [0.3, 0.4) is 0 Å². The van der Waals surface area contributed by atoms with Crippen molar-refractivity contribution < 1.29 is 19.1 Å². The summed E-state index contributed by atoms with van der Waals surface area (Å²) in [6, 6.07) is 0. The fourth-order valence-corrected chi connectivity index (χ4v) is 2.12. The number of alkyl carbamates (subject to hydrolysis) is 1. The molecular formula is C13H20N2O4S. The summed E-state index contributed by atoms with van der Waals surface area (Å²) in [7, 11) is 0. The normalized spacial score (nSPS) is 11.0. The van der Waals surface area contributed by atoms with Crippen LogP contribution in [0.2, 0.25) is 0 Å². The summed E-state index contributed by atoms with van der Waals surface area (Å²) in [5.74, 6) is -0.364. The first-order valence-corrected chi connectivity index (χ1v) is 7.22. The van der Waals surface area contributed by atoms with Gasteiger partial charge in [0.25, 0.3) is 0 Å². The number of nitrogens with one attached hydrogen (secondary N) is 1. The molecule has 0 atom stereocenters. The molecule has 20 heavy (non-hydrogen) atoms. The highest BCUT2D eigenvalue weighted by molar-refractivity contribution is 7.13. The molecule has 7 heteroatoms. The molecule has 1 N–H and O–H groups in total. The van der Waals surface area contributed by atoms with Crippen molar-refractivity contribution >= 4 is 23.4 Å². The van der Waals surface area contributed by atoms with Gasteiger partial charge in [0.05, 0.1) is 17.8 Å². The summed E-state index contributed by atoms with van der Waals surface area (Å²) in [4.78, 5) is 27.5. The molecule has 0 aliphatic heterocycles. The fourth-order valence-electron chi connectivity index (χ4n) is 1.31. The number of nitrogens with zero attached hydrogens (tertiary/aromatic N) is 1. The van der Waals surface area contributed by atoms with Crippen molar-refractivity contribution in [3.8, 4) is 0 Å². The highest BCUT2D eigenvalue weighted by Crippen LogP contribution is 2.14. The number of rotatable bonds is 5. The van der Waals surface area contributed by atoms with Crippen molar-refractivity contribution in [2.75, 3.05) is 13.2 Å². The van der Waals surface area contributed by atoms with E-state index in [0.29, 0.717) is 24.4 Å². The maximum Gasteiger partial charge on any atom is 0.407 e. The molecule has 1 aromatic rings. The Morgan fingerprint density at radius 1 is 1.40 bits per heavy atom. The van der Waals surface area contributed by atoms with Gasteiger partial charge in [-0.3, -0.25) is 0 Å². The Bertz CT molecular complexity index is 465. The van der Waals surface area contributed by atoms with Crippen molar-refractivity contribution in [1.29, 1.82) is 0 Å². The van der Waals surface area contributed by atoms with Crippen molar-refractivity contribution in [3.05, 3.63) is 16.1 Å². The zero-order valence-electron chi connectivity index (χ0n) is 12.2. The van der Waals surface area contributed by atoms with Crippen LogP contribution in [0.25, 0.3) is 0 Å². The van der Waals surface area contributed by atoms with Gasteiger partial charge in [-0.2, -0.15) is 0 Å². The van der Waals surface area contributed by atoms with Gasteiger partial charge in [0.2, 0.25) is 0 Å². The van der Waals surface area contributed by atoms with E-state index in [1.165, 1.54) is 17.5 Å². The Hall–Kier alpha value is -1.63. The van der Waals surface area contributed by atoms with E-state index < -0.39 is 11.7 Å². The van der Waals surface area contributed by atoms with Crippen LogP contribution in [0.5, 0.6) is 0 Å². The first-order chi connectivity index (χ1) is 9.31. The third-order valence-corrected chi connectivity index (χ3v) is 3.07. The lowest BCUT2D eigenvalue weighted by Crippen LogP contribution is -2.33. The van der Waals surface area contributed by atoms with Crippen LogP contribution in [0.4, 0.5) is 4.79 Å². The number of carbonyl (C=O) groups is 2. The summed E-state index contributed by atoms with van der Waals surface area (Å²) < 4.78 is 9.99. The average molecular weight is 300 g/mol. The van der Waals surface area contributed by atoms with Gasteiger partial charge in [0.1, 0.15) is 10.5 Å². The molecule has 1 rings (SSSR count). The number of ether oxygens (including phenoxy) is 2. The number of hydrogen-bond acceptors (Lipinski definition) is 6. The third-order valence-electron chi connectivity index (χ3n) is 2.04. The van der Waals surface area contributed by atoms with E-state index in [1.807, 2.05) is 0 Å². The van der Waals surface area contributed by atoms with Crippen LogP contribution in [0.1, 0.15) is 42.4 Å². The lowest BCUT2D eigenvalue weighted by atomic mass is 10.2. The quantitative estimate of drug-likeness (QED) is 0.845. The largest absolute Gasteiger partial charge is 0.462 e. The molecule has 0 bridgehead atoms. The van der Waals surface area contributed by atoms with Crippen LogP contribution in [-0.4, -0.2) is 35.8 Å². The monoisotopic (exact) mass is 300 g/mol. The SMILES string of the molecule is CCOC(=O)c1cnc(CCNC(=O)OC(C)(C)C)s1. The standard InChI is InChI=1S/C13H20N2O4S/c1-5-18-11(16)9-8-15-10(20-9)6-7-14-12(17)19-13(2,3)4/h8H,5-7H2,1-4H3,(H,14,17). The van der Waals surface area contributed by atoms with Gasteiger partial charge < -0.3 is 14.8 Å². The summed E-state index contributed by atoms with van der Waals surface area (Å²) in [6.07, 6.45) is 1.58. The van der Waals surface area contributed by atoms with Crippen LogP contribution >= 0.6 is 11.3 Å². The smallest absolute Gasteiger partial charge is 0.407 e. The van der Waals surface area contributed by atoms with Gasteiger partial charge in [0.15, 0.2) is 0 Å². The van der Waals surface area contributed by atoms with Crippen LogP contribution in [0, 0.1) is 0 Å². The minimum absolute atomic E-state index is 0.340. The summed E-state index contributed by atoms with van der Waals surface area (Å²) in [5.41, 5.74) is -0.512. The minimum Gasteiger partial charge on any atom is -0.462 e. The van der Waals surface area contributed by atoms with E-state index in [0.717, 1.165) is 5.01 Å². The van der Waals surface area contributed by atoms with Crippen molar-refractivity contribution in [1.82, 2.24) is 10.3 Å². The molecule has 6 nitrogen and oxygen atoms in total. The second kappa shape index (κ2) is 7.23. The molecule has 0 unspecified atom stereocenters. The lowest BCUT2D eigenvalue weighted by Gasteiger charge is -2.19. The first kappa shape index (κ1) is 16.4. The second-order valence-electron chi connectivity index (χ2n) is 5.02. The van der Waals surface area contributed by atoms with E-state index in [1.54, 1.807) is 27.7 Å². The van der Waals surface area contributed by atoms with E-state index in [2.05, 4.69) is 10.3 Å². The number of amides is 1. The van der Waals surface area contributed by atoms with Gasteiger partial charge in [-0.15, -0.1) is 11.3 Å². The van der Waals surface area contributed by atoms with Gasteiger partial charge >= 0.3 is 12.1 Å². The molecule has 112 valence electrons. The fraction of sp³-hybridized carbons (Fsp3) is 0.615.